The zero-order valence-corrected chi connectivity index (χ0v) is 9.70. The normalized spacial score (nSPS) is 24.0. The minimum absolute atomic E-state index is 0. The van der Waals surface area contributed by atoms with Crippen LogP contribution < -0.4 is 0 Å². The van der Waals surface area contributed by atoms with Crippen molar-refractivity contribution < 1.29 is 10.2 Å². The summed E-state index contributed by atoms with van der Waals surface area (Å²) < 4.78 is 0. The summed E-state index contributed by atoms with van der Waals surface area (Å²) in [5.41, 5.74) is 0. The van der Waals surface area contributed by atoms with Crippen LogP contribution >= 0.6 is 17.0 Å². The minimum Gasteiger partial charge on any atom is -0.396 e. The summed E-state index contributed by atoms with van der Waals surface area (Å²) in [6, 6.07) is 0.352. The van der Waals surface area contributed by atoms with E-state index in [1.54, 1.807) is 0 Å². The molecule has 2 N–H and O–H groups in total. The molecule has 0 bridgehead atoms. The lowest BCUT2D eigenvalue weighted by Gasteiger charge is -2.34. The number of aliphatic hydroxyl groups is 2. The third kappa shape index (κ3) is 4.40. The molecule has 1 saturated heterocycles. The van der Waals surface area contributed by atoms with E-state index in [2.05, 4.69) is 4.90 Å². The largest absolute Gasteiger partial charge is 0.396 e. The molecule has 1 aliphatic heterocycles. The Morgan fingerprint density at radius 2 is 2.00 bits per heavy atom. The van der Waals surface area contributed by atoms with Crippen LogP contribution in [0.1, 0.15) is 25.7 Å². The Bertz CT molecular complexity index is 124. The maximum absolute atomic E-state index is 9.06. The number of hydrogen-bond acceptors (Lipinski definition) is 3. The lowest BCUT2D eigenvalue weighted by Crippen LogP contribution is -2.42. The van der Waals surface area contributed by atoms with E-state index in [0.717, 1.165) is 25.9 Å². The number of hydrogen-bond donors (Lipinski definition) is 2. The second-order valence-electron chi connectivity index (χ2n) is 3.45. The van der Waals surface area contributed by atoms with Crippen LogP contribution in [-0.4, -0.2) is 47.5 Å². The highest BCUT2D eigenvalue weighted by atomic mass is 79.9. The van der Waals surface area contributed by atoms with E-state index in [1.165, 1.54) is 12.8 Å². The summed E-state index contributed by atoms with van der Waals surface area (Å²) in [7, 11) is 0. The molecule has 4 heteroatoms. The first-order valence-corrected chi connectivity index (χ1v) is 4.84. The highest BCUT2D eigenvalue weighted by molar-refractivity contribution is 8.93. The molecule has 0 amide bonds. The zero-order chi connectivity index (χ0) is 8.81. The van der Waals surface area contributed by atoms with Crippen molar-refractivity contribution in [2.45, 2.75) is 31.7 Å². The van der Waals surface area contributed by atoms with Gasteiger partial charge in [0.25, 0.3) is 0 Å². The molecule has 0 spiro atoms. The fourth-order valence-electron chi connectivity index (χ4n) is 1.83. The molecule has 0 aromatic rings. The quantitative estimate of drug-likeness (QED) is 0.779. The Hall–Kier alpha value is 0.360. The molecule has 1 aliphatic rings. The van der Waals surface area contributed by atoms with E-state index in [-0.39, 0.29) is 30.2 Å². The van der Waals surface area contributed by atoms with Gasteiger partial charge in [-0.25, -0.2) is 0 Å². The van der Waals surface area contributed by atoms with Gasteiger partial charge >= 0.3 is 0 Å². The van der Waals surface area contributed by atoms with Gasteiger partial charge in [0.1, 0.15) is 0 Å². The number of halogens is 1. The van der Waals surface area contributed by atoms with Gasteiger partial charge in [-0.05, 0) is 25.8 Å². The summed E-state index contributed by atoms with van der Waals surface area (Å²) in [5.74, 6) is 0. The first-order valence-electron chi connectivity index (χ1n) is 4.84. The molecule has 1 rings (SSSR count). The van der Waals surface area contributed by atoms with Gasteiger partial charge in [-0.3, -0.25) is 4.90 Å². The molecule has 0 radical (unpaired) electrons. The molecule has 0 aliphatic carbocycles. The second kappa shape index (κ2) is 7.74. The number of piperidine rings is 1. The Kier molecular flexibility index (Phi) is 7.95. The minimum atomic E-state index is 0. The van der Waals surface area contributed by atoms with Crippen molar-refractivity contribution in [2.75, 3.05) is 26.3 Å². The van der Waals surface area contributed by atoms with Crippen LogP contribution in [-0.2, 0) is 0 Å². The van der Waals surface area contributed by atoms with Crippen LogP contribution in [0.4, 0.5) is 0 Å². The molecule has 1 fully saturated rings. The Balaban J connectivity index is 0.00000144. The van der Waals surface area contributed by atoms with Crippen LogP contribution in [0.25, 0.3) is 0 Å². The van der Waals surface area contributed by atoms with Crippen LogP contribution in [0, 0.1) is 0 Å². The van der Waals surface area contributed by atoms with Crippen LogP contribution in [0.5, 0.6) is 0 Å². The van der Waals surface area contributed by atoms with Gasteiger partial charge in [-0.1, -0.05) is 6.42 Å². The number of aliphatic hydroxyl groups excluding tert-OH is 2. The van der Waals surface area contributed by atoms with E-state index in [1.807, 2.05) is 0 Å². The van der Waals surface area contributed by atoms with Gasteiger partial charge in [0.15, 0.2) is 0 Å². The molecule has 3 nitrogen and oxygen atoms in total. The summed E-state index contributed by atoms with van der Waals surface area (Å²) in [6.45, 7) is 2.55. The Morgan fingerprint density at radius 3 is 2.62 bits per heavy atom. The van der Waals surface area contributed by atoms with Gasteiger partial charge in [0, 0.05) is 19.2 Å². The van der Waals surface area contributed by atoms with Gasteiger partial charge < -0.3 is 10.2 Å². The molecule has 1 atom stereocenters. The highest BCUT2D eigenvalue weighted by Crippen LogP contribution is 2.16. The van der Waals surface area contributed by atoms with Gasteiger partial charge in [0.05, 0.1) is 6.61 Å². The SMILES string of the molecule is Br.OCCCN1CCCCC1CO. The fourth-order valence-corrected chi connectivity index (χ4v) is 1.83. The van der Waals surface area contributed by atoms with Crippen LogP contribution in [0.3, 0.4) is 0 Å². The Labute approximate surface area is 90.5 Å². The first-order chi connectivity index (χ1) is 5.88. The average Bonchev–Trinajstić information content (AvgIpc) is 2.15. The van der Waals surface area contributed by atoms with Crippen LogP contribution in [0.15, 0.2) is 0 Å². The second-order valence-corrected chi connectivity index (χ2v) is 3.45. The third-order valence-electron chi connectivity index (χ3n) is 2.56. The van der Waals surface area contributed by atoms with Crippen molar-refractivity contribution in [3.8, 4) is 0 Å². The standard InChI is InChI=1S/C9H19NO2.BrH/c11-7-3-6-10-5-2-1-4-9(10)8-12;/h9,11-12H,1-8H2;1H. The molecular formula is C9H20BrNO2. The van der Waals surface area contributed by atoms with Gasteiger partial charge in [-0.2, -0.15) is 0 Å². The van der Waals surface area contributed by atoms with E-state index in [0.29, 0.717) is 6.04 Å². The molecule has 0 aromatic carbocycles. The van der Waals surface area contributed by atoms with Gasteiger partial charge in [-0.15, -0.1) is 17.0 Å². The predicted octanol–water partition coefficient (Wildman–Crippen LogP) is 0.793. The summed E-state index contributed by atoms with van der Waals surface area (Å²) in [4.78, 5) is 2.29. The average molecular weight is 254 g/mol. The summed E-state index contributed by atoms with van der Waals surface area (Å²) >= 11 is 0. The van der Waals surface area contributed by atoms with E-state index in [4.69, 9.17) is 10.2 Å². The third-order valence-corrected chi connectivity index (χ3v) is 2.56. The molecule has 0 aromatic heterocycles. The summed E-state index contributed by atoms with van der Waals surface area (Å²) in [5, 5.41) is 17.7. The van der Waals surface area contributed by atoms with Crippen molar-refractivity contribution >= 4 is 17.0 Å². The van der Waals surface area contributed by atoms with Crippen molar-refractivity contribution in [1.29, 1.82) is 0 Å². The van der Waals surface area contributed by atoms with E-state index >= 15 is 0 Å². The van der Waals surface area contributed by atoms with E-state index < -0.39 is 0 Å². The van der Waals surface area contributed by atoms with Gasteiger partial charge in [0.2, 0.25) is 0 Å². The molecule has 1 unspecified atom stereocenters. The number of rotatable bonds is 4. The van der Waals surface area contributed by atoms with E-state index in [9.17, 15) is 0 Å². The fraction of sp³-hybridized carbons (Fsp3) is 1.00. The lowest BCUT2D eigenvalue weighted by molar-refractivity contribution is 0.0840. The highest BCUT2D eigenvalue weighted by Gasteiger charge is 2.20. The Morgan fingerprint density at radius 1 is 1.23 bits per heavy atom. The van der Waals surface area contributed by atoms with Crippen molar-refractivity contribution in [3.63, 3.8) is 0 Å². The first kappa shape index (κ1) is 13.4. The van der Waals surface area contributed by atoms with Crippen molar-refractivity contribution in [3.05, 3.63) is 0 Å². The maximum Gasteiger partial charge on any atom is 0.0586 e. The van der Waals surface area contributed by atoms with Crippen LogP contribution in [0.2, 0.25) is 0 Å². The lowest BCUT2D eigenvalue weighted by atomic mass is 10.0. The molecular weight excluding hydrogens is 234 g/mol. The zero-order valence-electron chi connectivity index (χ0n) is 7.98. The smallest absolute Gasteiger partial charge is 0.0586 e. The van der Waals surface area contributed by atoms with Crippen molar-refractivity contribution in [2.24, 2.45) is 0 Å². The topological polar surface area (TPSA) is 43.7 Å². The molecule has 13 heavy (non-hydrogen) atoms. The maximum atomic E-state index is 9.06. The monoisotopic (exact) mass is 253 g/mol. The number of likely N-dealkylation sites (tertiary alicyclic amines) is 1. The molecule has 0 saturated carbocycles. The molecule has 1 heterocycles. The van der Waals surface area contributed by atoms with Crippen molar-refractivity contribution in [1.82, 2.24) is 4.90 Å². The predicted molar refractivity (Wildman–Crippen MR) is 58.3 cm³/mol. The number of nitrogens with zero attached hydrogens (tertiary/aromatic N) is 1. The molecule has 80 valence electrons. The summed E-state index contributed by atoms with van der Waals surface area (Å²) in [6.07, 6.45) is 4.42.